The zero-order chi connectivity index (χ0) is 12.3. The van der Waals surface area contributed by atoms with Crippen LogP contribution in [-0.2, 0) is 6.42 Å². The summed E-state index contributed by atoms with van der Waals surface area (Å²) in [5.74, 6) is 1.24. The molecule has 17 heavy (non-hydrogen) atoms. The van der Waals surface area contributed by atoms with Crippen LogP contribution in [0.3, 0.4) is 0 Å². The van der Waals surface area contributed by atoms with E-state index in [4.69, 9.17) is 0 Å². The van der Waals surface area contributed by atoms with E-state index in [1.54, 1.807) is 6.07 Å². The molecule has 0 saturated carbocycles. The summed E-state index contributed by atoms with van der Waals surface area (Å²) in [6.07, 6.45) is 4.60. The zero-order valence-corrected chi connectivity index (χ0v) is 10.9. The predicted octanol–water partition coefficient (Wildman–Crippen LogP) is 3.41. The Kier molecular flexibility index (Phi) is 4.06. The molecule has 0 aromatic heterocycles. The molecule has 1 aliphatic carbocycles. The first-order chi connectivity index (χ1) is 8.26. The number of nitrogens with one attached hydrogen (secondary N) is 1. The summed E-state index contributed by atoms with van der Waals surface area (Å²) < 4.78 is 0. The molecule has 1 atom stereocenters. The minimum absolute atomic E-state index is 0.442. The molecule has 0 spiro atoms. The normalized spacial score (nSPS) is 18.6. The van der Waals surface area contributed by atoms with E-state index in [1.165, 1.54) is 18.4 Å². The summed E-state index contributed by atoms with van der Waals surface area (Å²) in [7, 11) is 0. The van der Waals surface area contributed by atoms with Crippen LogP contribution in [0.1, 0.15) is 50.3 Å². The number of benzene rings is 1. The second-order valence-corrected chi connectivity index (χ2v) is 5.03. The van der Waals surface area contributed by atoms with Crippen LogP contribution in [-0.4, -0.2) is 11.7 Å². The molecule has 0 heterocycles. The van der Waals surface area contributed by atoms with Crippen LogP contribution in [0.25, 0.3) is 0 Å². The third-order valence-corrected chi connectivity index (χ3v) is 4.05. The lowest BCUT2D eigenvalue weighted by Crippen LogP contribution is -2.25. The van der Waals surface area contributed by atoms with Crippen molar-refractivity contribution in [3.63, 3.8) is 0 Å². The van der Waals surface area contributed by atoms with Gasteiger partial charge in [0.2, 0.25) is 0 Å². The molecule has 1 aromatic rings. The maximum Gasteiger partial charge on any atom is 0.119 e. The molecule has 1 unspecified atom stereocenters. The molecular weight excluding hydrogens is 210 g/mol. The Balaban J connectivity index is 2.00. The van der Waals surface area contributed by atoms with Gasteiger partial charge in [-0.05, 0) is 42.5 Å². The van der Waals surface area contributed by atoms with Gasteiger partial charge in [-0.25, -0.2) is 0 Å². The van der Waals surface area contributed by atoms with Gasteiger partial charge in [0.05, 0.1) is 0 Å². The van der Waals surface area contributed by atoms with Crippen LogP contribution in [0.15, 0.2) is 18.2 Å². The number of hydrogen-bond donors (Lipinski definition) is 2. The highest BCUT2D eigenvalue weighted by molar-refractivity contribution is 5.44. The Bertz CT molecular complexity index is 371. The number of aromatic hydroxyl groups is 1. The van der Waals surface area contributed by atoms with Crippen LogP contribution >= 0.6 is 0 Å². The van der Waals surface area contributed by atoms with Crippen LogP contribution < -0.4 is 5.32 Å². The molecule has 94 valence electrons. The summed E-state index contributed by atoms with van der Waals surface area (Å²) >= 11 is 0. The first-order valence-electron chi connectivity index (χ1n) is 6.80. The van der Waals surface area contributed by atoms with Crippen molar-refractivity contribution >= 4 is 0 Å². The fourth-order valence-corrected chi connectivity index (χ4v) is 2.73. The van der Waals surface area contributed by atoms with Gasteiger partial charge in [-0.3, -0.25) is 0 Å². The van der Waals surface area contributed by atoms with Crippen LogP contribution in [0.4, 0.5) is 0 Å². The topological polar surface area (TPSA) is 32.3 Å². The van der Waals surface area contributed by atoms with E-state index >= 15 is 0 Å². The van der Waals surface area contributed by atoms with Gasteiger partial charge in [0.25, 0.3) is 0 Å². The molecule has 0 aliphatic heterocycles. The van der Waals surface area contributed by atoms with E-state index < -0.39 is 0 Å². The highest BCUT2D eigenvalue weighted by Crippen LogP contribution is 2.36. The minimum Gasteiger partial charge on any atom is -0.508 e. The largest absolute Gasteiger partial charge is 0.508 e. The minimum atomic E-state index is 0.442. The van der Waals surface area contributed by atoms with Gasteiger partial charge >= 0.3 is 0 Å². The summed E-state index contributed by atoms with van der Waals surface area (Å²) in [5, 5.41) is 13.4. The molecule has 0 bridgehead atoms. The van der Waals surface area contributed by atoms with E-state index in [0.29, 0.717) is 11.8 Å². The second-order valence-electron chi connectivity index (χ2n) is 5.03. The molecule has 0 amide bonds. The fraction of sp³-hybridized carbons (Fsp3) is 0.600. The number of rotatable bonds is 5. The standard InChI is InChI=1S/C15H23NO/c1-3-11(4-2)10-16-14-9-8-13-12(14)6-5-7-15(13)17/h5-7,11,14,16-17H,3-4,8-10H2,1-2H3. The molecule has 2 heteroatoms. The van der Waals surface area contributed by atoms with E-state index in [9.17, 15) is 5.11 Å². The molecular formula is C15H23NO. The first-order valence-corrected chi connectivity index (χ1v) is 6.80. The fourth-order valence-electron chi connectivity index (χ4n) is 2.73. The number of hydrogen-bond acceptors (Lipinski definition) is 2. The van der Waals surface area contributed by atoms with Crippen molar-refractivity contribution in [2.45, 2.75) is 45.6 Å². The molecule has 2 rings (SSSR count). The van der Waals surface area contributed by atoms with Gasteiger partial charge < -0.3 is 10.4 Å². The molecule has 0 radical (unpaired) electrons. The molecule has 1 aromatic carbocycles. The molecule has 2 N–H and O–H groups in total. The third-order valence-electron chi connectivity index (χ3n) is 4.05. The van der Waals surface area contributed by atoms with Crippen LogP contribution in [0, 0.1) is 5.92 Å². The predicted molar refractivity (Wildman–Crippen MR) is 71.2 cm³/mol. The molecule has 2 nitrogen and oxygen atoms in total. The average molecular weight is 233 g/mol. The Morgan fingerprint density at radius 2 is 2.12 bits per heavy atom. The van der Waals surface area contributed by atoms with Crippen molar-refractivity contribution in [1.29, 1.82) is 0 Å². The third kappa shape index (κ3) is 2.63. The maximum absolute atomic E-state index is 9.79. The van der Waals surface area contributed by atoms with Crippen molar-refractivity contribution in [2.75, 3.05) is 6.54 Å². The summed E-state index contributed by atoms with van der Waals surface area (Å²) in [6.45, 7) is 5.60. The average Bonchev–Trinajstić information content (AvgIpc) is 2.75. The molecule has 0 saturated heterocycles. The lowest BCUT2D eigenvalue weighted by Gasteiger charge is -2.18. The van der Waals surface area contributed by atoms with E-state index in [1.807, 2.05) is 6.07 Å². The summed E-state index contributed by atoms with van der Waals surface area (Å²) in [5.41, 5.74) is 2.45. The van der Waals surface area contributed by atoms with Gasteiger partial charge in [-0.2, -0.15) is 0 Å². The lowest BCUT2D eigenvalue weighted by atomic mass is 10.0. The summed E-state index contributed by atoms with van der Waals surface area (Å²) in [4.78, 5) is 0. The first kappa shape index (κ1) is 12.4. The summed E-state index contributed by atoms with van der Waals surface area (Å²) in [6, 6.07) is 6.33. The van der Waals surface area contributed by atoms with Crippen LogP contribution in [0.5, 0.6) is 5.75 Å². The van der Waals surface area contributed by atoms with Crippen LogP contribution in [0.2, 0.25) is 0 Å². The number of fused-ring (bicyclic) bond motifs is 1. The van der Waals surface area contributed by atoms with Gasteiger partial charge in [0, 0.05) is 6.04 Å². The Morgan fingerprint density at radius 1 is 1.35 bits per heavy atom. The number of phenolic OH excluding ortho intramolecular Hbond substituents is 1. The van der Waals surface area contributed by atoms with E-state index in [-0.39, 0.29) is 0 Å². The molecule has 1 aliphatic rings. The smallest absolute Gasteiger partial charge is 0.119 e. The van der Waals surface area contributed by atoms with Gasteiger partial charge in [0.1, 0.15) is 5.75 Å². The Labute approximate surface area is 104 Å². The Hall–Kier alpha value is -1.02. The van der Waals surface area contributed by atoms with E-state index in [2.05, 4.69) is 25.2 Å². The van der Waals surface area contributed by atoms with Gasteiger partial charge in [-0.15, -0.1) is 0 Å². The molecule has 0 fully saturated rings. The highest BCUT2D eigenvalue weighted by Gasteiger charge is 2.24. The number of phenols is 1. The zero-order valence-electron chi connectivity index (χ0n) is 10.9. The Morgan fingerprint density at radius 3 is 2.82 bits per heavy atom. The maximum atomic E-state index is 9.79. The highest BCUT2D eigenvalue weighted by atomic mass is 16.3. The second kappa shape index (κ2) is 5.54. The lowest BCUT2D eigenvalue weighted by molar-refractivity contribution is 0.410. The van der Waals surface area contributed by atoms with Crippen molar-refractivity contribution in [3.05, 3.63) is 29.3 Å². The van der Waals surface area contributed by atoms with Crippen molar-refractivity contribution < 1.29 is 5.11 Å². The van der Waals surface area contributed by atoms with Crippen molar-refractivity contribution in [2.24, 2.45) is 5.92 Å². The quantitative estimate of drug-likeness (QED) is 0.817. The van der Waals surface area contributed by atoms with Crippen molar-refractivity contribution in [1.82, 2.24) is 5.32 Å². The van der Waals surface area contributed by atoms with Gasteiger partial charge in [0.15, 0.2) is 0 Å². The SMILES string of the molecule is CCC(CC)CNC1CCc2c(O)cccc21. The van der Waals surface area contributed by atoms with E-state index in [0.717, 1.165) is 30.9 Å². The van der Waals surface area contributed by atoms with Crippen molar-refractivity contribution in [3.8, 4) is 5.75 Å². The van der Waals surface area contributed by atoms with Gasteiger partial charge in [-0.1, -0.05) is 38.8 Å². The monoisotopic (exact) mass is 233 g/mol.